The second kappa shape index (κ2) is 7.77. The Balaban J connectivity index is 1.38. The molecule has 1 atom stereocenters. The summed E-state index contributed by atoms with van der Waals surface area (Å²) in [7, 11) is 0. The number of benzene rings is 2. The van der Waals surface area contributed by atoms with Crippen molar-refractivity contribution >= 4 is 17.2 Å². The van der Waals surface area contributed by atoms with Crippen LogP contribution < -0.4 is 14.8 Å². The van der Waals surface area contributed by atoms with Crippen molar-refractivity contribution in [1.29, 1.82) is 0 Å². The molecule has 0 bridgehead atoms. The van der Waals surface area contributed by atoms with Crippen LogP contribution in [0.2, 0.25) is 0 Å². The maximum Gasteiger partial charge on any atom is 0.270 e. The molecule has 2 heterocycles. The first-order chi connectivity index (χ1) is 13.2. The Kier molecular flexibility index (Phi) is 5.04. The number of aliphatic hydroxyl groups excluding tert-OH is 1. The van der Waals surface area contributed by atoms with E-state index in [0.29, 0.717) is 36.0 Å². The summed E-state index contributed by atoms with van der Waals surface area (Å²) in [6, 6.07) is 15.0. The van der Waals surface area contributed by atoms with Gasteiger partial charge in [0.25, 0.3) is 5.91 Å². The molecule has 1 amide bonds. The lowest BCUT2D eigenvalue weighted by Crippen LogP contribution is -2.28. The first-order valence-corrected chi connectivity index (χ1v) is 9.45. The molecule has 6 nitrogen and oxygen atoms in total. The van der Waals surface area contributed by atoms with E-state index in [9.17, 15) is 9.90 Å². The largest absolute Gasteiger partial charge is 0.486 e. The van der Waals surface area contributed by atoms with Crippen LogP contribution in [-0.2, 0) is 0 Å². The molecule has 0 fully saturated rings. The van der Waals surface area contributed by atoms with E-state index < -0.39 is 6.10 Å². The van der Waals surface area contributed by atoms with Gasteiger partial charge in [-0.25, -0.2) is 4.98 Å². The number of nitrogens with zero attached hydrogens (tertiary/aromatic N) is 1. The van der Waals surface area contributed by atoms with Gasteiger partial charge in [-0.2, -0.15) is 0 Å². The monoisotopic (exact) mass is 382 g/mol. The predicted octanol–water partition coefficient (Wildman–Crippen LogP) is 3.04. The Labute approximate surface area is 160 Å². The second-order valence-electron chi connectivity index (χ2n) is 6.03. The maximum atomic E-state index is 12.3. The lowest BCUT2D eigenvalue weighted by molar-refractivity contribution is 0.0911. The Morgan fingerprint density at radius 3 is 2.74 bits per heavy atom. The SMILES string of the molecule is O=C(NC[C@@H](O)c1ccc2c(c1)OCCO2)c1csc(-c2ccccc2)n1. The number of amides is 1. The number of thiazole rings is 1. The normalized spacial score (nSPS) is 13.8. The summed E-state index contributed by atoms with van der Waals surface area (Å²) in [5, 5.41) is 15.6. The molecule has 4 rings (SSSR count). The van der Waals surface area contributed by atoms with Gasteiger partial charge < -0.3 is 19.9 Å². The fourth-order valence-electron chi connectivity index (χ4n) is 2.76. The van der Waals surface area contributed by atoms with E-state index in [1.807, 2.05) is 30.3 Å². The second-order valence-corrected chi connectivity index (χ2v) is 6.89. The minimum absolute atomic E-state index is 0.0800. The van der Waals surface area contributed by atoms with Gasteiger partial charge in [0.2, 0.25) is 0 Å². The minimum Gasteiger partial charge on any atom is -0.486 e. The highest BCUT2D eigenvalue weighted by Crippen LogP contribution is 2.32. The summed E-state index contributed by atoms with van der Waals surface area (Å²) in [5.41, 5.74) is 1.97. The van der Waals surface area contributed by atoms with E-state index in [1.165, 1.54) is 11.3 Å². The average Bonchev–Trinajstić information content (AvgIpc) is 3.22. The highest BCUT2D eigenvalue weighted by atomic mass is 32.1. The van der Waals surface area contributed by atoms with Crippen molar-refractivity contribution in [3.63, 3.8) is 0 Å². The molecular formula is C20H18N2O4S. The van der Waals surface area contributed by atoms with Crippen molar-refractivity contribution in [1.82, 2.24) is 10.3 Å². The molecule has 0 saturated heterocycles. The zero-order valence-electron chi connectivity index (χ0n) is 14.4. The molecule has 0 unspecified atom stereocenters. The van der Waals surface area contributed by atoms with Crippen molar-refractivity contribution in [3.05, 3.63) is 65.2 Å². The van der Waals surface area contributed by atoms with Gasteiger partial charge >= 0.3 is 0 Å². The number of carbonyl (C=O) groups excluding carboxylic acids is 1. The van der Waals surface area contributed by atoms with Gasteiger partial charge in [-0.3, -0.25) is 4.79 Å². The van der Waals surface area contributed by atoms with Crippen LogP contribution in [0.1, 0.15) is 22.2 Å². The first kappa shape index (κ1) is 17.5. The molecule has 0 spiro atoms. The molecule has 7 heteroatoms. The van der Waals surface area contributed by atoms with Crippen molar-refractivity contribution in [2.24, 2.45) is 0 Å². The average molecular weight is 382 g/mol. The van der Waals surface area contributed by atoms with E-state index in [-0.39, 0.29) is 12.5 Å². The van der Waals surface area contributed by atoms with Gasteiger partial charge in [-0.05, 0) is 17.7 Å². The molecule has 3 aromatic rings. The summed E-state index contributed by atoms with van der Waals surface area (Å²) >= 11 is 1.41. The fraction of sp³-hybridized carbons (Fsp3) is 0.200. The summed E-state index contributed by atoms with van der Waals surface area (Å²) in [4.78, 5) is 16.7. The zero-order chi connectivity index (χ0) is 18.6. The van der Waals surface area contributed by atoms with Gasteiger partial charge in [-0.1, -0.05) is 36.4 Å². The number of rotatable bonds is 5. The van der Waals surface area contributed by atoms with Crippen LogP contribution in [0.25, 0.3) is 10.6 Å². The van der Waals surface area contributed by atoms with Crippen molar-refractivity contribution in [2.45, 2.75) is 6.10 Å². The number of nitrogens with one attached hydrogen (secondary N) is 1. The van der Waals surface area contributed by atoms with E-state index >= 15 is 0 Å². The van der Waals surface area contributed by atoms with Gasteiger partial charge in [-0.15, -0.1) is 11.3 Å². The topological polar surface area (TPSA) is 80.7 Å². The number of aliphatic hydroxyl groups is 1. The Morgan fingerprint density at radius 2 is 1.93 bits per heavy atom. The molecule has 0 saturated carbocycles. The van der Waals surface area contributed by atoms with Crippen LogP contribution in [0.15, 0.2) is 53.9 Å². The number of carbonyl (C=O) groups is 1. The minimum atomic E-state index is -0.850. The summed E-state index contributed by atoms with van der Waals surface area (Å²) in [6.45, 7) is 1.08. The van der Waals surface area contributed by atoms with Gasteiger partial charge in [0.05, 0.1) is 6.10 Å². The molecule has 27 heavy (non-hydrogen) atoms. The summed E-state index contributed by atoms with van der Waals surface area (Å²) in [6.07, 6.45) is -0.850. The third-order valence-electron chi connectivity index (χ3n) is 4.16. The van der Waals surface area contributed by atoms with Gasteiger partial charge in [0.15, 0.2) is 11.5 Å². The molecule has 0 aliphatic carbocycles. The van der Waals surface area contributed by atoms with Gasteiger partial charge in [0, 0.05) is 17.5 Å². The maximum absolute atomic E-state index is 12.3. The number of hydrogen-bond acceptors (Lipinski definition) is 6. The van der Waals surface area contributed by atoms with Crippen molar-refractivity contribution in [3.8, 4) is 22.1 Å². The molecule has 1 aliphatic rings. The molecular weight excluding hydrogens is 364 g/mol. The van der Waals surface area contributed by atoms with Crippen molar-refractivity contribution < 1.29 is 19.4 Å². The molecule has 1 aliphatic heterocycles. The first-order valence-electron chi connectivity index (χ1n) is 8.57. The Hall–Kier alpha value is -2.90. The summed E-state index contributed by atoms with van der Waals surface area (Å²) in [5.74, 6) is 0.957. The van der Waals surface area contributed by atoms with Crippen LogP contribution >= 0.6 is 11.3 Å². The lowest BCUT2D eigenvalue weighted by atomic mass is 10.1. The predicted molar refractivity (Wildman–Crippen MR) is 102 cm³/mol. The Bertz CT molecular complexity index is 942. The zero-order valence-corrected chi connectivity index (χ0v) is 15.2. The molecule has 2 aromatic carbocycles. The third-order valence-corrected chi connectivity index (χ3v) is 5.06. The quantitative estimate of drug-likeness (QED) is 0.709. The van der Waals surface area contributed by atoms with Crippen LogP contribution in [0.4, 0.5) is 0 Å². The van der Waals surface area contributed by atoms with Crippen LogP contribution in [0.3, 0.4) is 0 Å². The number of aromatic nitrogens is 1. The van der Waals surface area contributed by atoms with E-state index in [0.717, 1.165) is 10.6 Å². The third kappa shape index (κ3) is 3.94. The highest BCUT2D eigenvalue weighted by molar-refractivity contribution is 7.13. The van der Waals surface area contributed by atoms with Crippen LogP contribution in [0.5, 0.6) is 11.5 Å². The number of fused-ring (bicyclic) bond motifs is 1. The smallest absolute Gasteiger partial charge is 0.270 e. The highest BCUT2D eigenvalue weighted by Gasteiger charge is 2.17. The lowest BCUT2D eigenvalue weighted by Gasteiger charge is -2.20. The van der Waals surface area contributed by atoms with Crippen molar-refractivity contribution in [2.75, 3.05) is 19.8 Å². The Morgan fingerprint density at radius 1 is 1.15 bits per heavy atom. The molecule has 1 aromatic heterocycles. The number of ether oxygens (including phenoxy) is 2. The van der Waals surface area contributed by atoms with E-state index in [2.05, 4.69) is 10.3 Å². The van der Waals surface area contributed by atoms with Crippen LogP contribution in [0, 0.1) is 0 Å². The molecule has 0 radical (unpaired) electrons. The standard InChI is InChI=1S/C20H18N2O4S/c23-16(14-6-7-17-18(10-14)26-9-8-25-17)11-21-19(24)15-12-27-20(22-15)13-4-2-1-3-5-13/h1-7,10,12,16,23H,8-9,11H2,(H,21,24)/t16-/m1/s1. The fourth-order valence-corrected chi connectivity index (χ4v) is 3.56. The molecule has 138 valence electrons. The van der Waals surface area contributed by atoms with Crippen LogP contribution in [-0.4, -0.2) is 35.8 Å². The number of hydrogen-bond donors (Lipinski definition) is 2. The van der Waals surface area contributed by atoms with Gasteiger partial charge in [0.1, 0.15) is 23.9 Å². The summed E-state index contributed by atoms with van der Waals surface area (Å²) < 4.78 is 11.0. The van der Waals surface area contributed by atoms with E-state index in [1.54, 1.807) is 23.6 Å². The van der Waals surface area contributed by atoms with E-state index in [4.69, 9.17) is 9.47 Å². The molecule has 2 N–H and O–H groups in total.